The molecule has 0 atom stereocenters. The minimum absolute atomic E-state index is 0.456. The molecule has 0 aliphatic carbocycles. The molecule has 27 heavy (non-hydrogen) atoms. The molecule has 0 amide bonds. The van der Waals surface area contributed by atoms with E-state index < -0.39 is 0 Å². The third-order valence-corrected chi connectivity index (χ3v) is 4.27. The van der Waals surface area contributed by atoms with Gasteiger partial charge >= 0.3 is 0 Å². The lowest BCUT2D eigenvalue weighted by Crippen LogP contribution is -2.15. The van der Waals surface area contributed by atoms with Crippen LogP contribution in [0.1, 0.15) is 28.7 Å². The molecule has 1 heterocycles. The predicted molar refractivity (Wildman–Crippen MR) is 105 cm³/mol. The van der Waals surface area contributed by atoms with E-state index in [-0.39, 0.29) is 0 Å². The first kappa shape index (κ1) is 18.7. The van der Waals surface area contributed by atoms with Crippen molar-refractivity contribution in [2.45, 2.75) is 26.0 Å². The Kier molecular flexibility index (Phi) is 6.61. The van der Waals surface area contributed by atoms with E-state index in [0.29, 0.717) is 12.2 Å². The van der Waals surface area contributed by atoms with E-state index in [1.807, 2.05) is 48.3 Å². The van der Waals surface area contributed by atoms with Crippen LogP contribution in [0, 0.1) is 11.3 Å². The number of nitriles is 1. The van der Waals surface area contributed by atoms with Crippen LogP contribution in [0.2, 0.25) is 0 Å². The molecule has 0 saturated heterocycles. The fraction of sp³-hybridized carbons (Fsp3) is 0.273. The third kappa shape index (κ3) is 5.98. The first-order valence-corrected chi connectivity index (χ1v) is 9.12. The van der Waals surface area contributed by atoms with Crippen molar-refractivity contribution in [3.63, 3.8) is 0 Å². The summed E-state index contributed by atoms with van der Waals surface area (Å²) in [6.07, 6.45) is 6.10. The van der Waals surface area contributed by atoms with Crippen molar-refractivity contribution < 1.29 is 4.74 Å². The largest absolute Gasteiger partial charge is 0.489 e. The molecule has 5 nitrogen and oxygen atoms in total. The number of aryl methyl sites for hydroxylation is 2. The van der Waals surface area contributed by atoms with Crippen LogP contribution in [-0.2, 0) is 26.6 Å². The molecule has 5 heteroatoms. The van der Waals surface area contributed by atoms with Gasteiger partial charge in [-0.15, -0.1) is 0 Å². The molecular weight excluding hydrogens is 336 g/mol. The van der Waals surface area contributed by atoms with E-state index >= 15 is 0 Å². The highest BCUT2D eigenvalue weighted by Crippen LogP contribution is 2.16. The number of rotatable bonds is 9. The highest BCUT2D eigenvalue weighted by Gasteiger charge is 2.01. The van der Waals surface area contributed by atoms with Gasteiger partial charge in [0.1, 0.15) is 12.4 Å². The Hall–Kier alpha value is -3.10. The second-order valence-electron chi connectivity index (χ2n) is 6.55. The van der Waals surface area contributed by atoms with Crippen molar-refractivity contribution in [2.24, 2.45) is 7.05 Å². The van der Waals surface area contributed by atoms with Crippen molar-refractivity contribution >= 4 is 0 Å². The van der Waals surface area contributed by atoms with Crippen LogP contribution < -0.4 is 10.1 Å². The lowest BCUT2D eigenvalue weighted by Gasteiger charge is -2.09. The molecule has 0 aliphatic rings. The topological polar surface area (TPSA) is 62.9 Å². The zero-order chi connectivity index (χ0) is 18.9. The maximum Gasteiger partial charge on any atom is 0.120 e. The first-order valence-electron chi connectivity index (χ1n) is 9.12. The number of aromatic nitrogens is 2. The van der Waals surface area contributed by atoms with E-state index in [2.05, 4.69) is 34.8 Å². The lowest BCUT2D eigenvalue weighted by molar-refractivity contribution is 0.306. The highest BCUT2D eigenvalue weighted by molar-refractivity contribution is 5.33. The molecule has 0 fully saturated rings. The summed E-state index contributed by atoms with van der Waals surface area (Å²) < 4.78 is 7.71. The van der Waals surface area contributed by atoms with Crippen LogP contribution in [0.25, 0.3) is 0 Å². The standard InChI is InChI=1S/C22H24N4O/c1-26-16-21(15-25-26)8-4-10-24-14-19-6-3-9-22(12-19)27-17-20-7-2-5-18(11-20)13-23/h2-3,5-7,9,11-12,15-16,24H,4,8,10,14,17H2,1H3. The molecule has 3 rings (SSSR count). The summed E-state index contributed by atoms with van der Waals surface area (Å²) >= 11 is 0. The summed E-state index contributed by atoms with van der Waals surface area (Å²) in [5.41, 5.74) is 4.11. The predicted octanol–water partition coefficient (Wildman–Crippen LogP) is 3.59. The molecule has 138 valence electrons. The van der Waals surface area contributed by atoms with Gasteiger partial charge in [-0.2, -0.15) is 10.4 Å². The molecule has 0 radical (unpaired) electrons. The van der Waals surface area contributed by atoms with Crippen LogP contribution in [-0.4, -0.2) is 16.3 Å². The number of hydrogen-bond acceptors (Lipinski definition) is 4. The summed E-state index contributed by atoms with van der Waals surface area (Å²) in [6.45, 7) is 2.23. The Labute approximate surface area is 160 Å². The molecule has 0 bridgehead atoms. The monoisotopic (exact) mass is 360 g/mol. The molecule has 1 aromatic heterocycles. The van der Waals surface area contributed by atoms with Gasteiger partial charge < -0.3 is 10.1 Å². The zero-order valence-electron chi connectivity index (χ0n) is 15.6. The summed E-state index contributed by atoms with van der Waals surface area (Å²) in [5.74, 6) is 0.840. The Morgan fingerprint density at radius 3 is 2.78 bits per heavy atom. The summed E-state index contributed by atoms with van der Waals surface area (Å²) in [5, 5.41) is 16.6. The van der Waals surface area contributed by atoms with Crippen molar-refractivity contribution in [3.8, 4) is 11.8 Å². The second-order valence-corrected chi connectivity index (χ2v) is 6.55. The smallest absolute Gasteiger partial charge is 0.120 e. The summed E-state index contributed by atoms with van der Waals surface area (Å²) in [6, 6.07) is 17.8. The van der Waals surface area contributed by atoms with Gasteiger partial charge in [0.2, 0.25) is 0 Å². The molecule has 0 aliphatic heterocycles. The van der Waals surface area contributed by atoms with E-state index in [1.165, 1.54) is 11.1 Å². The van der Waals surface area contributed by atoms with Gasteiger partial charge in [-0.25, -0.2) is 0 Å². The van der Waals surface area contributed by atoms with Crippen LogP contribution >= 0.6 is 0 Å². The molecule has 0 saturated carbocycles. The molecule has 1 N–H and O–H groups in total. The number of ether oxygens (including phenoxy) is 1. The minimum atomic E-state index is 0.456. The van der Waals surface area contributed by atoms with Crippen LogP contribution in [0.5, 0.6) is 5.75 Å². The zero-order valence-corrected chi connectivity index (χ0v) is 15.6. The second kappa shape index (κ2) is 9.56. The number of nitrogens with one attached hydrogen (secondary N) is 1. The van der Waals surface area contributed by atoms with Gasteiger partial charge in [-0.05, 0) is 60.3 Å². The molecular formula is C22H24N4O. The SMILES string of the molecule is Cn1cc(CCCNCc2cccc(OCc3cccc(C#N)c3)c2)cn1. The van der Waals surface area contributed by atoms with E-state index in [9.17, 15) is 0 Å². The van der Waals surface area contributed by atoms with Gasteiger partial charge in [-0.3, -0.25) is 4.68 Å². The molecule has 0 unspecified atom stereocenters. The van der Waals surface area contributed by atoms with Gasteiger partial charge in [0.25, 0.3) is 0 Å². The van der Waals surface area contributed by atoms with Crippen molar-refractivity contribution in [1.82, 2.24) is 15.1 Å². The fourth-order valence-corrected chi connectivity index (χ4v) is 2.89. The average molecular weight is 360 g/mol. The van der Waals surface area contributed by atoms with Gasteiger partial charge in [0.15, 0.2) is 0 Å². The fourth-order valence-electron chi connectivity index (χ4n) is 2.89. The van der Waals surface area contributed by atoms with E-state index in [0.717, 1.165) is 37.2 Å². The molecule has 2 aromatic carbocycles. The maximum absolute atomic E-state index is 8.97. The van der Waals surface area contributed by atoms with Gasteiger partial charge in [-0.1, -0.05) is 24.3 Å². The maximum atomic E-state index is 8.97. The number of hydrogen-bond donors (Lipinski definition) is 1. The van der Waals surface area contributed by atoms with Crippen LogP contribution in [0.3, 0.4) is 0 Å². The van der Waals surface area contributed by atoms with E-state index in [1.54, 1.807) is 6.07 Å². The quantitative estimate of drug-likeness (QED) is 0.592. The molecule has 0 spiro atoms. The van der Waals surface area contributed by atoms with Crippen molar-refractivity contribution in [1.29, 1.82) is 5.26 Å². The van der Waals surface area contributed by atoms with Crippen molar-refractivity contribution in [3.05, 3.63) is 83.2 Å². The summed E-state index contributed by atoms with van der Waals surface area (Å²) in [4.78, 5) is 0. The Morgan fingerprint density at radius 2 is 1.96 bits per heavy atom. The average Bonchev–Trinajstić information content (AvgIpc) is 3.12. The normalized spacial score (nSPS) is 10.5. The number of benzene rings is 2. The Bertz CT molecular complexity index is 910. The third-order valence-electron chi connectivity index (χ3n) is 4.27. The van der Waals surface area contributed by atoms with E-state index in [4.69, 9.17) is 10.00 Å². The molecule has 3 aromatic rings. The van der Waals surface area contributed by atoms with Crippen LogP contribution in [0.4, 0.5) is 0 Å². The Morgan fingerprint density at radius 1 is 1.11 bits per heavy atom. The van der Waals surface area contributed by atoms with Gasteiger partial charge in [0.05, 0.1) is 17.8 Å². The first-order chi connectivity index (χ1) is 13.2. The summed E-state index contributed by atoms with van der Waals surface area (Å²) in [7, 11) is 1.94. The lowest BCUT2D eigenvalue weighted by atomic mass is 10.1. The minimum Gasteiger partial charge on any atom is -0.489 e. The van der Waals surface area contributed by atoms with Crippen LogP contribution in [0.15, 0.2) is 60.9 Å². The number of nitrogens with zero attached hydrogens (tertiary/aromatic N) is 3. The Balaban J connectivity index is 1.42. The highest BCUT2D eigenvalue weighted by atomic mass is 16.5. The van der Waals surface area contributed by atoms with Crippen molar-refractivity contribution in [2.75, 3.05) is 6.54 Å². The van der Waals surface area contributed by atoms with Gasteiger partial charge in [0, 0.05) is 19.8 Å².